The van der Waals surface area contributed by atoms with Gasteiger partial charge in [0.25, 0.3) is 0 Å². The van der Waals surface area contributed by atoms with E-state index < -0.39 is 18.0 Å². The van der Waals surface area contributed by atoms with Crippen LogP contribution >= 0.6 is 0 Å². The van der Waals surface area contributed by atoms with Crippen LogP contribution in [0.5, 0.6) is 17.2 Å². The Morgan fingerprint density at radius 1 is 1.03 bits per heavy atom. The second kappa shape index (κ2) is 10.7. The van der Waals surface area contributed by atoms with Gasteiger partial charge in [0.2, 0.25) is 0 Å². The van der Waals surface area contributed by atoms with E-state index >= 15 is 0 Å². The van der Waals surface area contributed by atoms with E-state index in [2.05, 4.69) is 5.32 Å². The lowest BCUT2D eigenvalue weighted by atomic mass is 9.94. The van der Waals surface area contributed by atoms with Crippen LogP contribution in [0.2, 0.25) is 0 Å². The van der Waals surface area contributed by atoms with Gasteiger partial charge < -0.3 is 24.3 Å². The molecule has 34 heavy (non-hydrogen) atoms. The molecule has 0 fully saturated rings. The lowest BCUT2D eigenvalue weighted by Crippen LogP contribution is -2.48. The van der Waals surface area contributed by atoms with E-state index in [0.717, 1.165) is 0 Å². The molecular formula is C25H28N2O7. The Balaban J connectivity index is 2.02. The predicted molar refractivity (Wildman–Crippen MR) is 124 cm³/mol. The molecule has 0 saturated heterocycles. The average molecular weight is 469 g/mol. The number of rotatable bonds is 9. The number of urea groups is 1. The Morgan fingerprint density at radius 3 is 2.29 bits per heavy atom. The van der Waals surface area contributed by atoms with E-state index in [1.54, 1.807) is 56.4 Å². The molecule has 2 amide bonds. The molecule has 2 aromatic carbocycles. The van der Waals surface area contributed by atoms with Gasteiger partial charge in [-0.1, -0.05) is 6.07 Å². The molecule has 2 aromatic rings. The lowest BCUT2D eigenvalue weighted by Gasteiger charge is -2.34. The number of likely N-dealkylation sites (N-methyl/N-ethyl adjacent to an activating group) is 1. The fourth-order valence-corrected chi connectivity index (χ4v) is 3.60. The molecule has 1 N–H and O–H groups in total. The number of Topliss-reactive ketones (excluding diaryl/α,β-unsaturated/α-hetero) is 1. The van der Waals surface area contributed by atoms with Gasteiger partial charge >= 0.3 is 12.0 Å². The summed E-state index contributed by atoms with van der Waals surface area (Å²) in [6, 6.07) is 10.6. The van der Waals surface area contributed by atoms with E-state index in [0.29, 0.717) is 34.1 Å². The number of ether oxygens (including phenoxy) is 4. The standard InChI is InChI=1S/C25H28N2O7/c1-6-33-24(29)22-19(14-34-18-10-7-16(8-11-18)15(2)28)27(3)25(30)26-23(22)17-9-12-20(31-4)21(13-17)32-5/h7-13,23H,6,14H2,1-5H3,(H,26,30)/t23-/m0/s1. The molecule has 9 heteroatoms. The molecule has 3 rings (SSSR count). The quantitative estimate of drug-likeness (QED) is 0.444. The van der Waals surface area contributed by atoms with Gasteiger partial charge in [-0.25, -0.2) is 9.59 Å². The first kappa shape index (κ1) is 24.6. The monoisotopic (exact) mass is 468 g/mol. The molecule has 0 bridgehead atoms. The lowest BCUT2D eigenvalue weighted by molar-refractivity contribution is -0.139. The predicted octanol–water partition coefficient (Wildman–Crippen LogP) is 3.50. The number of nitrogens with one attached hydrogen (secondary N) is 1. The average Bonchev–Trinajstić information content (AvgIpc) is 2.84. The minimum absolute atomic E-state index is 0.0553. The Kier molecular flexibility index (Phi) is 7.78. The zero-order valence-corrected chi connectivity index (χ0v) is 19.8. The Hall–Kier alpha value is -4.01. The van der Waals surface area contributed by atoms with Crippen molar-refractivity contribution in [1.29, 1.82) is 0 Å². The summed E-state index contributed by atoms with van der Waals surface area (Å²) in [5.74, 6) is 0.840. The Bertz CT molecular complexity index is 1110. The summed E-state index contributed by atoms with van der Waals surface area (Å²) < 4.78 is 21.9. The molecule has 0 aliphatic carbocycles. The fourth-order valence-electron chi connectivity index (χ4n) is 3.60. The number of methoxy groups -OCH3 is 2. The summed E-state index contributed by atoms with van der Waals surface area (Å²) in [5, 5.41) is 2.85. The van der Waals surface area contributed by atoms with Crippen molar-refractivity contribution in [1.82, 2.24) is 10.2 Å². The number of ketones is 1. The van der Waals surface area contributed by atoms with E-state index in [-0.39, 0.29) is 24.6 Å². The second-order valence-electron chi connectivity index (χ2n) is 7.51. The van der Waals surface area contributed by atoms with Crippen molar-refractivity contribution in [3.05, 3.63) is 64.9 Å². The van der Waals surface area contributed by atoms with Gasteiger partial charge in [-0.05, 0) is 55.8 Å². The minimum Gasteiger partial charge on any atom is -0.493 e. The van der Waals surface area contributed by atoms with Gasteiger partial charge in [0.05, 0.1) is 38.1 Å². The summed E-state index contributed by atoms with van der Waals surface area (Å²) in [4.78, 5) is 38.7. The first-order valence-corrected chi connectivity index (χ1v) is 10.7. The summed E-state index contributed by atoms with van der Waals surface area (Å²) in [6.45, 7) is 3.29. The summed E-state index contributed by atoms with van der Waals surface area (Å²) in [6.07, 6.45) is 0. The molecule has 0 radical (unpaired) electrons. The van der Waals surface area contributed by atoms with Crippen molar-refractivity contribution in [2.45, 2.75) is 19.9 Å². The number of nitrogens with zero attached hydrogens (tertiary/aromatic N) is 1. The van der Waals surface area contributed by atoms with E-state index in [4.69, 9.17) is 18.9 Å². The molecule has 9 nitrogen and oxygen atoms in total. The van der Waals surface area contributed by atoms with Crippen molar-refractivity contribution in [3.63, 3.8) is 0 Å². The number of amides is 2. The topological polar surface area (TPSA) is 103 Å². The molecule has 0 unspecified atom stereocenters. The SMILES string of the molecule is CCOC(=O)C1=C(COc2ccc(C(C)=O)cc2)N(C)C(=O)N[C@H]1c1ccc(OC)c(OC)c1. The van der Waals surface area contributed by atoms with Crippen LogP contribution in [-0.4, -0.2) is 57.2 Å². The zero-order chi connectivity index (χ0) is 24.8. The van der Waals surface area contributed by atoms with Gasteiger partial charge in [0.1, 0.15) is 12.4 Å². The number of hydrogen-bond donors (Lipinski definition) is 1. The highest BCUT2D eigenvalue weighted by Crippen LogP contribution is 2.36. The van der Waals surface area contributed by atoms with Crippen LogP contribution in [0, 0.1) is 0 Å². The number of hydrogen-bond acceptors (Lipinski definition) is 7. The van der Waals surface area contributed by atoms with Crippen molar-refractivity contribution in [3.8, 4) is 17.2 Å². The van der Waals surface area contributed by atoms with Gasteiger partial charge in [0.15, 0.2) is 17.3 Å². The van der Waals surface area contributed by atoms with Crippen LogP contribution in [0.15, 0.2) is 53.7 Å². The van der Waals surface area contributed by atoms with Crippen LogP contribution in [0.25, 0.3) is 0 Å². The first-order valence-electron chi connectivity index (χ1n) is 10.7. The number of esters is 1. The summed E-state index contributed by atoms with van der Waals surface area (Å²) >= 11 is 0. The van der Waals surface area contributed by atoms with Gasteiger partial charge in [-0.3, -0.25) is 9.69 Å². The van der Waals surface area contributed by atoms with Crippen molar-refractivity contribution in [2.24, 2.45) is 0 Å². The maximum atomic E-state index is 13.0. The number of benzene rings is 2. The van der Waals surface area contributed by atoms with Crippen LogP contribution in [0.3, 0.4) is 0 Å². The van der Waals surface area contributed by atoms with Crippen molar-refractivity contribution < 1.29 is 33.3 Å². The molecule has 1 aliphatic rings. The molecule has 1 atom stereocenters. The molecule has 1 heterocycles. The largest absolute Gasteiger partial charge is 0.493 e. The first-order chi connectivity index (χ1) is 16.3. The van der Waals surface area contributed by atoms with Crippen LogP contribution in [0.1, 0.15) is 35.8 Å². The molecular weight excluding hydrogens is 440 g/mol. The molecule has 180 valence electrons. The molecule has 1 aliphatic heterocycles. The summed E-state index contributed by atoms with van der Waals surface area (Å²) in [7, 11) is 4.59. The van der Waals surface area contributed by atoms with Gasteiger partial charge in [-0.2, -0.15) is 0 Å². The third-order valence-corrected chi connectivity index (χ3v) is 5.45. The highest BCUT2D eigenvalue weighted by molar-refractivity contribution is 5.95. The maximum absolute atomic E-state index is 13.0. The van der Waals surface area contributed by atoms with E-state index in [1.807, 2.05) is 0 Å². The minimum atomic E-state index is -0.791. The fraction of sp³-hybridized carbons (Fsp3) is 0.320. The van der Waals surface area contributed by atoms with Crippen molar-refractivity contribution >= 4 is 17.8 Å². The van der Waals surface area contributed by atoms with E-state index in [1.165, 1.54) is 26.0 Å². The Labute approximate surface area is 198 Å². The zero-order valence-electron chi connectivity index (χ0n) is 19.8. The second-order valence-corrected chi connectivity index (χ2v) is 7.51. The van der Waals surface area contributed by atoms with E-state index in [9.17, 15) is 14.4 Å². The van der Waals surface area contributed by atoms with Crippen LogP contribution < -0.4 is 19.5 Å². The summed E-state index contributed by atoms with van der Waals surface area (Å²) in [5.41, 5.74) is 1.78. The van der Waals surface area contributed by atoms with Crippen LogP contribution in [-0.2, 0) is 9.53 Å². The molecule has 0 saturated carbocycles. The third kappa shape index (κ3) is 5.14. The van der Waals surface area contributed by atoms with Gasteiger partial charge in [-0.15, -0.1) is 0 Å². The van der Waals surface area contributed by atoms with Gasteiger partial charge in [0, 0.05) is 12.6 Å². The normalized spacial score (nSPS) is 15.5. The highest BCUT2D eigenvalue weighted by atomic mass is 16.5. The molecule has 0 aromatic heterocycles. The smallest absolute Gasteiger partial charge is 0.338 e. The third-order valence-electron chi connectivity index (χ3n) is 5.45. The number of carbonyl (C=O) groups is 3. The Morgan fingerprint density at radius 2 is 1.71 bits per heavy atom. The maximum Gasteiger partial charge on any atom is 0.338 e. The van der Waals surface area contributed by atoms with Crippen LogP contribution in [0.4, 0.5) is 4.79 Å². The molecule has 0 spiro atoms. The number of carbonyl (C=O) groups excluding carboxylic acids is 3. The van der Waals surface area contributed by atoms with Crippen molar-refractivity contribution in [2.75, 3.05) is 34.5 Å². The highest BCUT2D eigenvalue weighted by Gasteiger charge is 2.37.